The highest BCUT2D eigenvalue weighted by molar-refractivity contribution is 6.30. The molecular formula is C21H18ClNO. The quantitative estimate of drug-likeness (QED) is 0.585. The molecule has 0 amide bonds. The normalized spacial score (nSPS) is 20.3. The Kier molecular flexibility index (Phi) is 4.24. The Morgan fingerprint density at radius 1 is 0.792 bits per heavy atom. The van der Waals surface area contributed by atoms with Gasteiger partial charge in [-0.3, -0.25) is 4.84 Å². The van der Waals surface area contributed by atoms with Gasteiger partial charge in [0.1, 0.15) is 6.10 Å². The Bertz CT molecular complexity index is 806. The van der Waals surface area contributed by atoms with Crippen molar-refractivity contribution >= 4 is 17.3 Å². The summed E-state index contributed by atoms with van der Waals surface area (Å²) < 4.78 is 0. The molecule has 3 aromatic rings. The highest BCUT2D eigenvalue weighted by Crippen LogP contribution is 2.44. The second-order valence-electron chi connectivity index (χ2n) is 5.97. The van der Waals surface area contributed by atoms with Crippen LogP contribution in [0.15, 0.2) is 84.9 Å². The van der Waals surface area contributed by atoms with E-state index in [9.17, 15) is 0 Å². The number of rotatable bonds is 3. The second kappa shape index (κ2) is 6.68. The molecule has 2 nitrogen and oxygen atoms in total. The van der Waals surface area contributed by atoms with Gasteiger partial charge in [-0.2, -0.15) is 0 Å². The van der Waals surface area contributed by atoms with Gasteiger partial charge in [0, 0.05) is 11.4 Å². The lowest BCUT2D eigenvalue weighted by molar-refractivity contribution is 0.0836. The molecule has 0 aliphatic carbocycles. The maximum absolute atomic E-state index is 6.33. The number of anilines is 1. The van der Waals surface area contributed by atoms with Crippen LogP contribution in [0.1, 0.15) is 29.7 Å². The van der Waals surface area contributed by atoms with Crippen molar-refractivity contribution < 1.29 is 4.84 Å². The van der Waals surface area contributed by atoms with Crippen LogP contribution < -0.4 is 5.06 Å². The second-order valence-corrected chi connectivity index (χ2v) is 6.41. The van der Waals surface area contributed by atoms with E-state index >= 15 is 0 Å². The summed E-state index contributed by atoms with van der Waals surface area (Å²) >= 11 is 6.19. The summed E-state index contributed by atoms with van der Waals surface area (Å²) in [7, 11) is 0. The van der Waals surface area contributed by atoms with Gasteiger partial charge in [-0.15, -0.1) is 0 Å². The predicted molar refractivity (Wildman–Crippen MR) is 98.0 cm³/mol. The molecule has 1 aliphatic heterocycles. The molecule has 1 aliphatic rings. The first-order valence-corrected chi connectivity index (χ1v) is 8.50. The summed E-state index contributed by atoms with van der Waals surface area (Å²) in [6.45, 7) is 0. The van der Waals surface area contributed by atoms with Crippen LogP contribution in [0.25, 0.3) is 0 Å². The Morgan fingerprint density at radius 3 is 2.12 bits per heavy atom. The van der Waals surface area contributed by atoms with E-state index in [-0.39, 0.29) is 12.1 Å². The lowest BCUT2D eigenvalue weighted by Gasteiger charge is -2.25. The summed E-state index contributed by atoms with van der Waals surface area (Å²) in [5, 5.41) is 2.71. The minimum Gasteiger partial charge on any atom is -0.265 e. The zero-order valence-electron chi connectivity index (χ0n) is 13.2. The zero-order chi connectivity index (χ0) is 16.4. The van der Waals surface area contributed by atoms with Gasteiger partial charge in [0.15, 0.2) is 0 Å². The Morgan fingerprint density at radius 2 is 1.46 bits per heavy atom. The lowest BCUT2D eigenvalue weighted by Crippen LogP contribution is -2.21. The van der Waals surface area contributed by atoms with Crippen LogP contribution >= 0.6 is 11.6 Å². The molecule has 2 unspecified atom stereocenters. The van der Waals surface area contributed by atoms with Gasteiger partial charge in [0.2, 0.25) is 0 Å². The van der Waals surface area contributed by atoms with Crippen molar-refractivity contribution in [3.8, 4) is 0 Å². The third kappa shape index (κ3) is 3.03. The number of nitrogens with zero attached hydrogens (tertiary/aromatic N) is 1. The fourth-order valence-corrected chi connectivity index (χ4v) is 3.40. The van der Waals surface area contributed by atoms with Crippen molar-refractivity contribution in [3.05, 3.63) is 101 Å². The van der Waals surface area contributed by atoms with Gasteiger partial charge in [-0.05, 0) is 29.3 Å². The monoisotopic (exact) mass is 335 g/mol. The van der Waals surface area contributed by atoms with Gasteiger partial charge in [0.05, 0.1) is 11.7 Å². The summed E-state index contributed by atoms with van der Waals surface area (Å²) in [5.41, 5.74) is 3.42. The molecule has 4 rings (SSSR count). The third-order valence-corrected chi connectivity index (χ3v) is 4.61. The van der Waals surface area contributed by atoms with Crippen LogP contribution in [0.3, 0.4) is 0 Å². The highest BCUT2D eigenvalue weighted by Gasteiger charge is 2.35. The van der Waals surface area contributed by atoms with E-state index in [4.69, 9.17) is 16.4 Å². The van der Waals surface area contributed by atoms with Crippen LogP contribution in [0.4, 0.5) is 5.69 Å². The number of hydrogen-bond donors (Lipinski definition) is 0. The van der Waals surface area contributed by atoms with E-state index in [1.54, 1.807) is 0 Å². The molecule has 0 saturated carbocycles. The first kappa shape index (κ1) is 15.3. The average molecular weight is 336 g/mol. The molecule has 3 aromatic carbocycles. The molecule has 0 bridgehead atoms. The number of benzene rings is 3. The average Bonchev–Trinajstić information content (AvgIpc) is 3.09. The largest absolute Gasteiger partial charge is 0.265 e. The van der Waals surface area contributed by atoms with Crippen molar-refractivity contribution in [2.24, 2.45) is 0 Å². The van der Waals surface area contributed by atoms with Gasteiger partial charge >= 0.3 is 0 Å². The van der Waals surface area contributed by atoms with Crippen molar-refractivity contribution in [2.45, 2.75) is 18.6 Å². The van der Waals surface area contributed by atoms with E-state index in [0.717, 1.165) is 12.1 Å². The van der Waals surface area contributed by atoms with Crippen LogP contribution in [0.2, 0.25) is 5.02 Å². The Labute approximate surface area is 147 Å². The predicted octanol–water partition coefficient (Wildman–Crippen LogP) is 5.96. The van der Waals surface area contributed by atoms with Crippen LogP contribution in [0, 0.1) is 0 Å². The minimum atomic E-state index is 0.0374. The van der Waals surface area contributed by atoms with Gasteiger partial charge in [-0.1, -0.05) is 78.3 Å². The molecular weight excluding hydrogens is 318 g/mol. The molecule has 1 saturated heterocycles. The fraction of sp³-hybridized carbons (Fsp3) is 0.143. The van der Waals surface area contributed by atoms with Crippen molar-refractivity contribution in [3.63, 3.8) is 0 Å². The third-order valence-electron chi connectivity index (χ3n) is 4.38. The summed E-state index contributed by atoms with van der Waals surface area (Å²) in [5.74, 6) is 0. The fourth-order valence-electron chi connectivity index (χ4n) is 3.22. The SMILES string of the molecule is Clc1cccc(N2OC(c3ccccc3)CC2c2ccccc2)c1. The summed E-state index contributed by atoms with van der Waals surface area (Å²) in [6.07, 6.45) is 0.941. The van der Waals surface area contributed by atoms with Gasteiger partial charge in [-0.25, -0.2) is 5.06 Å². The smallest absolute Gasteiger partial charge is 0.113 e. The van der Waals surface area contributed by atoms with Crippen molar-refractivity contribution in [1.29, 1.82) is 0 Å². The Hall–Kier alpha value is -2.29. The molecule has 0 N–H and O–H groups in total. The maximum atomic E-state index is 6.33. The summed E-state index contributed by atoms with van der Waals surface area (Å²) in [4.78, 5) is 6.33. The number of halogens is 1. The molecule has 2 atom stereocenters. The van der Waals surface area contributed by atoms with E-state index in [0.29, 0.717) is 5.02 Å². The molecule has 120 valence electrons. The molecule has 24 heavy (non-hydrogen) atoms. The number of hydrogen-bond acceptors (Lipinski definition) is 2. The lowest BCUT2D eigenvalue weighted by atomic mass is 9.98. The van der Waals surface area contributed by atoms with Crippen molar-refractivity contribution in [1.82, 2.24) is 0 Å². The molecule has 0 radical (unpaired) electrons. The standard InChI is InChI=1S/C21H18ClNO/c22-18-12-7-13-19(14-18)23-20(16-8-3-1-4-9-16)15-21(24-23)17-10-5-2-6-11-17/h1-14,20-21H,15H2. The highest BCUT2D eigenvalue weighted by atomic mass is 35.5. The Balaban J connectivity index is 1.71. The van der Waals surface area contributed by atoms with E-state index in [1.165, 1.54) is 11.1 Å². The minimum absolute atomic E-state index is 0.0374. The molecule has 0 spiro atoms. The van der Waals surface area contributed by atoms with Gasteiger partial charge in [0.25, 0.3) is 0 Å². The van der Waals surface area contributed by atoms with Crippen molar-refractivity contribution in [2.75, 3.05) is 5.06 Å². The van der Waals surface area contributed by atoms with E-state index < -0.39 is 0 Å². The first-order valence-electron chi connectivity index (χ1n) is 8.13. The van der Waals surface area contributed by atoms with E-state index in [1.807, 2.05) is 41.5 Å². The zero-order valence-corrected chi connectivity index (χ0v) is 13.9. The van der Waals surface area contributed by atoms with Crippen LogP contribution in [0.5, 0.6) is 0 Å². The molecule has 3 heteroatoms. The van der Waals surface area contributed by atoms with Gasteiger partial charge < -0.3 is 0 Å². The first-order chi connectivity index (χ1) is 11.8. The van der Waals surface area contributed by atoms with E-state index in [2.05, 4.69) is 48.5 Å². The summed E-state index contributed by atoms with van der Waals surface area (Å²) in [6, 6.07) is 28.8. The molecule has 1 fully saturated rings. The maximum Gasteiger partial charge on any atom is 0.113 e. The molecule has 1 heterocycles. The topological polar surface area (TPSA) is 12.5 Å². The number of hydroxylamine groups is 1. The van der Waals surface area contributed by atoms with Crippen LogP contribution in [-0.4, -0.2) is 0 Å². The van der Waals surface area contributed by atoms with Crippen LogP contribution in [-0.2, 0) is 4.84 Å². The molecule has 0 aromatic heterocycles.